The molecule has 2 N–H and O–H groups in total. The highest BCUT2D eigenvalue weighted by Gasteiger charge is 2.11. The van der Waals surface area contributed by atoms with Crippen molar-refractivity contribution in [3.8, 4) is 11.4 Å². The van der Waals surface area contributed by atoms with Gasteiger partial charge in [0.2, 0.25) is 0 Å². The normalized spacial score (nSPS) is 10.9. The Balaban J connectivity index is 2.57. The Hall–Kier alpha value is -1.81. The SMILES string of the molecule is COc1ccc(C(C)C)cc1-n1ccnc1CN. The molecule has 1 aromatic heterocycles. The fourth-order valence-electron chi connectivity index (χ4n) is 1.96. The minimum atomic E-state index is 0.405. The molecule has 1 heterocycles. The summed E-state index contributed by atoms with van der Waals surface area (Å²) in [5.41, 5.74) is 7.95. The molecule has 0 unspecified atom stereocenters. The molecule has 4 heteroatoms. The molecule has 2 rings (SSSR count). The van der Waals surface area contributed by atoms with Crippen LogP contribution in [0.1, 0.15) is 31.2 Å². The zero-order valence-corrected chi connectivity index (χ0v) is 11.1. The Morgan fingerprint density at radius 1 is 1.39 bits per heavy atom. The summed E-state index contributed by atoms with van der Waals surface area (Å²) in [7, 11) is 1.67. The van der Waals surface area contributed by atoms with E-state index in [0.29, 0.717) is 12.5 Å². The Labute approximate surface area is 107 Å². The van der Waals surface area contributed by atoms with Crippen LogP contribution in [0.3, 0.4) is 0 Å². The number of rotatable bonds is 4. The summed E-state index contributed by atoms with van der Waals surface area (Å²) < 4.78 is 7.39. The quantitative estimate of drug-likeness (QED) is 0.900. The lowest BCUT2D eigenvalue weighted by Crippen LogP contribution is -2.08. The van der Waals surface area contributed by atoms with Gasteiger partial charge in [0.05, 0.1) is 19.3 Å². The van der Waals surface area contributed by atoms with Crippen molar-refractivity contribution in [3.63, 3.8) is 0 Å². The highest BCUT2D eigenvalue weighted by molar-refractivity contribution is 5.50. The van der Waals surface area contributed by atoms with E-state index in [1.54, 1.807) is 13.3 Å². The van der Waals surface area contributed by atoms with E-state index in [1.807, 2.05) is 16.8 Å². The smallest absolute Gasteiger partial charge is 0.142 e. The van der Waals surface area contributed by atoms with Gasteiger partial charge < -0.3 is 10.5 Å². The van der Waals surface area contributed by atoms with Crippen molar-refractivity contribution in [3.05, 3.63) is 42.0 Å². The van der Waals surface area contributed by atoms with Crippen LogP contribution in [0.2, 0.25) is 0 Å². The van der Waals surface area contributed by atoms with Crippen molar-refractivity contribution < 1.29 is 4.74 Å². The highest BCUT2D eigenvalue weighted by Crippen LogP contribution is 2.28. The number of imidazole rings is 1. The molecule has 0 fully saturated rings. The van der Waals surface area contributed by atoms with E-state index in [4.69, 9.17) is 10.5 Å². The second-order valence-electron chi connectivity index (χ2n) is 4.50. The summed E-state index contributed by atoms with van der Waals surface area (Å²) in [6.45, 7) is 4.74. The predicted octanol–water partition coefficient (Wildman–Crippen LogP) is 2.46. The summed E-state index contributed by atoms with van der Waals surface area (Å²) in [6, 6.07) is 6.21. The fourth-order valence-corrected chi connectivity index (χ4v) is 1.96. The zero-order valence-electron chi connectivity index (χ0n) is 11.1. The van der Waals surface area contributed by atoms with E-state index in [0.717, 1.165) is 17.3 Å². The molecule has 4 nitrogen and oxygen atoms in total. The molecule has 96 valence electrons. The van der Waals surface area contributed by atoms with Crippen LogP contribution in [0.15, 0.2) is 30.6 Å². The van der Waals surface area contributed by atoms with Gasteiger partial charge in [0.25, 0.3) is 0 Å². The summed E-state index contributed by atoms with van der Waals surface area (Å²) in [4.78, 5) is 4.24. The van der Waals surface area contributed by atoms with Gasteiger partial charge in [-0.2, -0.15) is 0 Å². The Morgan fingerprint density at radius 3 is 2.78 bits per heavy atom. The molecule has 2 aromatic rings. The summed E-state index contributed by atoms with van der Waals surface area (Å²) in [5.74, 6) is 2.13. The molecule has 0 saturated heterocycles. The van der Waals surface area contributed by atoms with Gasteiger partial charge in [-0.05, 0) is 23.6 Å². The van der Waals surface area contributed by atoms with Gasteiger partial charge in [-0.1, -0.05) is 19.9 Å². The number of hydrogen-bond donors (Lipinski definition) is 1. The molecule has 0 spiro atoms. The van der Waals surface area contributed by atoms with Crippen LogP contribution < -0.4 is 10.5 Å². The molecule has 0 aliphatic heterocycles. The molecule has 0 radical (unpaired) electrons. The van der Waals surface area contributed by atoms with Crippen LogP contribution in [0.5, 0.6) is 5.75 Å². The molecule has 18 heavy (non-hydrogen) atoms. The molecular weight excluding hydrogens is 226 g/mol. The van der Waals surface area contributed by atoms with Gasteiger partial charge in [-0.25, -0.2) is 4.98 Å². The van der Waals surface area contributed by atoms with Crippen LogP contribution in [0, 0.1) is 0 Å². The van der Waals surface area contributed by atoms with Crippen molar-refractivity contribution in [1.82, 2.24) is 9.55 Å². The first-order valence-corrected chi connectivity index (χ1v) is 6.08. The van der Waals surface area contributed by atoms with Gasteiger partial charge >= 0.3 is 0 Å². The molecular formula is C14H19N3O. The number of ether oxygens (including phenoxy) is 1. The van der Waals surface area contributed by atoms with Gasteiger partial charge in [0.1, 0.15) is 11.6 Å². The van der Waals surface area contributed by atoms with Crippen LogP contribution in [0.4, 0.5) is 0 Å². The third-order valence-electron chi connectivity index (χ3n) is 3.03. The number of nitrogens with two attached hydrogens (primary N) is 1. The third-order valence-corrected chi connectivity index (χ3v) is 3.03. The first-order valence-electron chi connectivity index (χ1n) is 6.08. The number of benzene rings is 1. The fraction of sp³-hybridized carbons (Fsp3) is 0.357. The van der Waals surface area contributed by atoms with Crippen molar-refractivity contribution in [2.75, 3.05) is 7.11 Å². The lowest BCUT2D eigenvalue weighted by atomic mass is 10.0. The molecule has 0 aliphatic carbocycles. The molecule has 0 aliphatic rings. The van der Waals surface area contributed by atoms with E-state index >= 15 is 0 Å². The third kappa shape index (κ3) is 2.24. The maximum absolute atomic E-state index is 5.70. The van der Waals surface area contributed by atoms with Gasteiger partial charge in [0, 0.05) is 12.4 Å². The van der Waals surface area contributed by atoms with Gasteiger partial charge in [-0.15, -0.1) is 0 Å². The van der Waals surface area contributed by atoms with Crippen molar-refractivity contribution in [1.29, 1.82) is 0 Å². The number of methoxy groups -OCH3 is 1. The standard InChI is InChI=1S/C14H19N3O/c1-10(2)11-4-5-13(18-3)12(8-11)17-7-6-16-14(17)9-15/h4-8,10H,9,15H2,1-3H3. The van der Waals surface area contributed by atoms with Crippen molar-refractivity contribution in [2.45, 2.75) is 26.3 Å². The number of hydrogen-bond acceptors (Lipinski definition) is 3. The van der Waals surface area contributed by atoms with Gasteiger partial charge in [0.15, 0.2) is 0 Å². The van der Waals surface area contributed by atoms with E-state index in [-0.39, 0.29) is 0 Å². The van der Waals surface area contributed by atoms with E-state index in [9.17, 15) is 0 Å². The topological polar surface area (TPSA) is 53.1 Å². The lowest BCUT2D eigenvalue weighted by Gasteiger charge is -2.14. The molecule has 1 aromatic carbocycles. The lowest BCUT2D eigenvalue weighted by molar-refractivity contribution is 0.412. The summed E-state index contributed by atoms with van der Waals surface area (Å²) in [5, 5.41) is 0. The highest BCUT2D eigenvalue weighted by atomic mass is 16.5. The monoisotopic (exact) mass is 245 g/mol. The second-order valence-corrected chi connectivity index (χ2v) is 4.50. The number of nitrogens with zero attached hydrogens (tertiary/aromatic N) is 2. The van der Waals surface area contributed by atoms with Crippen molar-refractivity contribution in [2.24, 2.45) is 5.73 Å². The molecule has 0 saturated carbocycles. The minimum Gasteiger partial charge on any atom is -0.495 e. The maximum Gasteiger partial charge on any atom is 0.142 e. The second kappa shape index (κ2) is 5.23. The Morgan fingerprint density at radius 2 is 2.17 bits per heavy atom. The average molecular weight is 245 g/mol. The summed E-state index contributed by atoms with van der Waals surface area (Å²) in [6.07, 6.45) is 3.66. The predicted molar refractivity (Wildman–Crippen MR) is 72.1 cm³/mol. The zero-order chi connectivity index (χ0) is 13.1. The van der Waals surface area contributed by atoms with E-state index < -0.39 is 0 Å². The maximum atomic E-state index is 5.70. The average Bonchev–Trinajstić information content (AvgIpc) is 2.85. The Bertz CT molecular complexity index is 532. The van der Waals surface area contributed by atoms with E-state index in [1.165, 1.54) is 5.56 Å². The van der Waals surface area contributed by atoms with Crippen LogP contribution in [-0.4, -0.2) is 16.7 Å². The van der Waals surface area contributed by atoms with E-state index in [2.05, 4.69) is 31.0 Å². The minimum absolute atomic E-state index is 0.405. The van der Waals surface area contributed by atoms with Crippen LogP contribution in [-0.2, 0) is 6.54 Å². The Kier molecular flexibility index (Phi) is 3.67. The molecule has 0 amide bonds. The molecule has 0 bridgehead atoms. The largest absolute Gasteiger partial charge is 0.495 e. The van der Waals surface area contributed by atoms with Crippen molar-refractivity contribution >= 4 is 0 Å². The first kappa shape index (κ1) is 12.6. The van der Waals surface area contributed by atoms with Gasteiger partial charge in [-0.3, -0.25) is 4.57 Å². The van der Waals surface area contributed by atoms with Crippen LogP contribution >= 0.6 is 0 Å². The summed E-state index contributed by atoms with van der Waals surface area (Å²) >= 11 is 0. The molecule has 0 atom stereocenters. The first-order chi connectivity index (χ1) is 8.67. The number of aromatic nitrogens is 2. The van der Waals surface area contributed by atoms with Crippen LogP contribution in [0.25, 0.3) is 5.69 Å².